The number of hydrogen-bond donors (Lipinski definition) is 2. The minimum absolute atomic E-state index is 0.666. The van der Waals surface area contributed by atoms with Gasteiger partial charge in [-0.1, -0.05) is 5.92 Å². The highest BCUT2D eigenvalue weighted by Crippen LogP contribution is 2.51. The molecular weight excluding hydrogens is 160 g/mol. The first kappa shape index (κ1) is 7.84. The Morgan fingerprint density at radius 3 is 3.15 bits per heavy atom. The molecule has 2 bridgehead atoms. The molecule has 1 aliphatic heterocycles. The van der Waals surface area contributed by atoms with Gasteiger partial charge in [-0.15, -0.1) is 6.42 Å². The van der Waals surface area contributed by atoms with Crippen molar-refractivity contribution in [3.63, 3.8) is 0 Å². The van der Waals surface area contributed by atoms with Gasteiger partial charge in [0.25, 0.3) is 0 Å². The Morgan fingerprint density at radius 1 is 1.38 bits per heavy atom. The summed E-state index contributed by atoms with van der Waals surface area (Å²) in [7, 11) is 0. The summed E-state index contributed by atoms with van der Waals surface area (Å²) >= 11 is 0. The molecular formula is C11H16N2. The molecule has 0 aromatic carbocycles. The number of rotatable bonds is 2. The number of hydrogen-bond acceptors (Lipinski definition) is 2. The molecule has 2 nitrogen and oxygen atoms in total. The maximum Gasteiger partial charge on any atom is 0.0576 e. The monoisotopic (exact) mass is 176 g/mol. The fraction of sp³-hybridized carbons (Fsp3) is 0.818. The van der Waals surface area contributed by atoms with E-state index in [1.807, 2.05) is 0 Å². The number of fused-ring (bicyclic) bond motifs is 1. The Labute approximate surface area is 79.5 Å². The van der Waals surface area contributed by atoms with Gasteiger partial charge < -0.3 is 10.6 Å². The van der Waals surface area contributed by atoms with Crippen LogP contribution >= 0.6 is 0 Å². The normalized spacial score (nSPS) is 51.2. The van der Waals surface area contributed by atoms with Crippen molar-refractivity contribution in [3.05, 3.63) is 0 Å². The molecule has 70 valence electrons. The molecule has 2 saturated carbocycles. The molecule has 0 amide bonds. The van der Waals surface area contributed by atoms with Crippen LogP contribution < -0.4 is 10.6 Å². The van der Waals surface area contributed by atoms with Crippen molar-refractivity contribution >= 4 is 0 Å². The first-order valence-electron chi connectivity index (χ1n) is 5.30. The van der Waals surface area contributed by atoms with Crippen LogP contribution in [0.2, 0.25) is 0 Å². The summed E-state index contributed by atoms with van der Waals surface area (Å²) in [5.41, 5.74) is 0. The van der Waals surface area contributed by atoms with Crippen molar-refractivity contribution in [1.82, 2.24) is 10.6 Å². The third-order valence-corrected chi connectivity index (χ3v) is 4.20. The molecule has 3 aliphatic rings. The van der Waals surface area contributed by atoms with Gasteiger partial charge in [0.05, 0.1) is 6.54 Å². The van der Waals surface area contributed by atoms with E-state index in [-0.39, 0.29) is 0 Å². The van der Waals surface area contributed by atoms with E-state index in [1.165, 1.54) is 19.4 Å². The van der Waals surface area contributed by atoms with E-state index in [1.54, 1.807) is 0 Å². The molecule has 2 N–H and O–H groups in total. The second kappa shape index (κ2) is 2.73. The van der Waals surface area contributed by atoms with Crippen LogP contribution in [-0.2, 0) is 0 Å². The van der Waals surface area contributed by atoms with Crippen molar-refractivity contribution in [3.8, 4) is 12.3 Å². The van der Waals surface area contributed by atoms with E-state index in [0.29, 0.717) is 6.04 Å². The molecule has 5 unspecified atom stereocenters. The molecule has 3 rings (SSSR count). The smallest absolute Gasteiger partial charge is 0.0576 e. The summed E-state index contributed by atoms with van der Waals surface area (Å²) < 4.78 is 0. The second-order valence-electron chi connectivity index (χ2n) is 4.70. The maximum atomic E-state index is 5.27. The predicted octanol–water partition coefficient (Wildman–Crippen LogP) is 0.206. The van der Waals surface area contributed by atoms with Gasteiger partial charge >= 0.3 is 0 Å². The van der Waals surface area contributed by atoms with Gasteiger partial charge in [0.2, 0.25) is 0 Å². The molecule has 0 radical (unpaired) electrons. The van der Waals surface area contributed by atoms with Crippen LogP contribution in [0.3, 0.4) is 0 Å². The molecule has 3 fully saturated rings. The molecule has 2 heteroatoms. The van der Waals surface area contributed by atoms with E-state index in [2.05, 4.69) is 16.6 Å². The Morgan fingerprint density at radius 2 is 2.31 bits per heavy atom. The summed E-state index contributed by atoms with van der Waals surface area (Å²) in [5.74, 6) is 5.52. The molecule has 1 heterocycles. The van der Waals surface area contributed by atoms with Gasteiger partial charge in [-0.3, -0.25) is 0 Å². The summed E-state index contributed by atoms with van der Waals surface area (Å²) in [6.07, 6.45) is 8.13. The highest BCUT2D eigenvalue weighted by Gasteiger charge is 2.55. The largest absolute Gasteiger partial charge is 0.312 e. The third kappa shape index (κ3) is 0.978. The van der Waals surface area contributed by atoms with Crippen LogP contribution in [-0.4, -0.2) is 25.2 Å². The lowest BCUT2D eigenvalue weighted by Crippen LogP contribution is -2.47. The van der Waals surface area contributed by atoms with Crippen LogP contribution in [0.4, 0.5) is 0 Å². The van der Waals surface area contributed by atoms with Gasteiger partial charge in [0.15, 0.2) is 0 Å². The second-order valence-corrected chi connectivity index (χ2v) is 4.70. The number of nitrogens with one attached hydrogen (secondary N) is 2. The quantitative estimate of drug-likeness (QED) is 0.588. The Kier molecular flexibility index (Phi) is 1.65. The molecule has 0 aromatic heterocycles. The highest BCUT2D eigenvalue weighted by atomic mass is 15.1. The number of terminal acetylenes is 1. The topological polar surface area (TPSA) is 24.1 Å². The Bertz CT molecular complexity index is 253. The zero-order chi connectivity index (χ0) is 8.84. The zero-order valence-electron chi connectivity index (χ0n) is 7.79. The van der Waals surface area contributed by atoms with Gasteiger partial charge in [-0.05, 0) is 37.1 Å². The average Bonchev–Trinajstić information content (AvgIpc) is 2.70. The summed E-state index contributed by atoms with van der Waals surface area (Å²) in [5, 5.41) is 7.13. The first-order valence-corrected chi connectivity index (χ1v) is 5.30. The van der Waals surface area contributed by atoms with Gasteiger partial charge in [0.1, 0.15) is 0 Å². The molecule has 5 atom stereocenters. The van der Waals surface area contributed by atoms with E-state index >= 15 is 0 Å². The Hall–Kier alpha value is -0.520. The first-order chi connectivity index (χ1) is 6.40. The average molecular weight is 176 g/mol. The summed E-state index contributed by atoms with van der Waals surface area (Å²) in [6, 6.07) is 1.40. The van der Waals surface area contributed by atoms with Crippen molar-refractivity contribution < 1.29 is 0 Å². The van der Waals surface area contributed by atoms with Gasteiger partial charge in [0, 0.05) is 12.1 Å². The van der Waals surface area contributed by atoms with Crippen molar-refractivity contribution in [2.45, 2.75) is 24.9 Å². The van der Waals surface area contributed by atoms with Crippen LogP contribution in [0.25, 0.3) is 0 Å². The summed E-state index contributed by atoms with van der Waals surface area (Å²) in [6.45, 7) is 1.98. The summed E-state index contributed by atoms with van der Waals surface area (Å²) in [4.78, 5) is 0. The van der Waals surface area contributed by atoms with E-state index in [0.717, 1.165) is 30.3 Å². The van der Waals surface area contributed by atoms with Crippen molar-refractivity contribution in [2.24, 2.45) is 17.8 Å². The van der Waals surface area contributed by atoms with Crippen molar-refractivity contribution in [1.29, 1.82) is 0 Å². The van der Waals surface area contributed by atoms with Crippen molar-refractivity contribution in [2.75, 3.05) is 13.1 Å². The lowest BCUT2D eigenvalue weighted by atomic mass is 9.86. The van der Waals surface area contributed by atoms with Crippen LogP contribution in [0.15, 0.2) is 0 Å². The standard InChI is InChI=1S/C11H16N2/c1-2-3-12-10-7-4-8-6-13-11(10)9(8)5-7/h1,7-13H,3-6H2. The van der Waals surface area contributed by atoms with Crippen LogP contribution in [0, 0.1) is 30.1 Å². The maximum absolute atomic E-state index is 5.27. The molecule has 1 saturated heterocycles. The fourth-order valence-electron chi connectivity index (χ4n) is 3.77. The third-order valence-electron chi connectivity index (χ3n) is 4.20. The predicted molar refractivity (Wildman–Crippen MR) is 52.1 cm³/mol. The SMILES string of the molecule is C#CCNC1C2CC3CNC1C3C2. The molecule has 13 heavy (non-hydrogen) atoms. The zero-order valence-corrected chi connectivity index (χ0v) is 7.79. The van der Waals surface area contributed by atoms with E-state index < -0.39 is 0 Å². The fourth-order valence-corrected chi connectivity index (χ4v) is 3.77. The van der Waals surface area contributed by atoms with E-state index in [4.69, 9.17) is 6.42 Å². The van der Waals surface area contributed by atoms with Gasteiger partial charge in [-0.25, -0.2) is 0 Å². The lowest BCUT2D eigenvalue weighted by Gasteiger charge is -2.27. The van der Waals surface area contributed by atoms with Crippen LogP contribution in [0.1, 0.15) is 12.8 Å². The molecule has 2 aliphatic carbocycles. The molecule has 0 spiro atoms. The highest BCUT2D eigenvalue weighted by molar-refractivity contribution is 5.12. The minimum atomic E-state index is 0.666. The van der Waals surface area contributed by atoms with E-state index in [9.17, 15) is 0 Å². The lowest BCUT2D eigenvalue weighted by molar-refractivity contribution is 0.305. The minimum Gasteiger partial charge on any atom is -0.312 e. The molecule has 0 aromatic rings. The Balaban J connectivity index is 1.74. The van der Waals surface area contributed by atoms with Crippen LogP contribution in [0.5, 0.6) is 0 Å². The van der Waals surface area contributed by atoms with Gasteiger partial charge in [-0.2, -0.15) is 0 Å².